The van der Waals surface area contributed by atoms with E-state index in [0.29, 0.717) is 17.1 Å². The number of nitrogens with one attached hydrogen (secondary N) is 1. The number of carbonyl (C=O) groups is 1. The standard InChI is InChI=1S/C12H18N6OS.ClH/c1-3-12(13,4-2)7-14-11(19)10-9(5-6-20-10)18-8-15-16-17-18;/h5-6,8H,3-4,7,13H2,1-2H3,(H,14,19);1H. The predicted molar refractivity (Wildman–Crippen MR) is 84.1 cm³/mol. The van der Waals surface area contributed by atoms with Gasteiger partial charge in [-0.25, -0.2) is 0 Å². The third kappa shape index (κ3) is 3.99. The maximum atomic E-state index is 12.3. The van der Waals surface area contributed by atoms with Crippen molar-refractivity contribution in [3.05, 3.63) is 22.7 Å². The molecule has 2 aromatic rings. The summed E-state index contributed by atoms with van der Waals surface area (Å²) in [5, 5.41) is 15.7. The minimum atomic E-state index is -0.359. The van der Waals surface area contributed by atoms with Crippen molar-refractivity contribution in [1.29, 1.82) is 0 Å². The molecular formula is C12H19ClN6OS. The summed E-state index contributed by atoms with van der Waals surface area (Å²) in [5.74, 6) is -0.151. The van der Waals surface area contributed by atoms with Crippen LogP contribution in [0.25, 0.3) is 5.69 Å². The Hall–Kier alpha value is -1.51. The zero-order valence-corrected chi connectivity index (χ0v) is 13.6. The molecule has 0 saturated heterocycles. The number of tetrazole rings is 1. The summed E-state index contributed by atoms with van der Waals surface area (Å²) >= 11 is 1.35. The molecule has 0 aliphatic heterocycles. The Morgan fingerprint density at radius 2 is 2.19 bits per heavy atom. The maximum absolute atomic E-state index is 12.3. The number of rotatable bonds is 6. The summed E-state index contributed by atoms with van der Waals surface area (Å²) in [6.45, 7) is 4.49. The van der Waals surface area contributed by atoms with Crippen molar-refractivity contribution in [3.63, 3.8) is 0 Å². The lowest BCUT2D eigenvalue weighted by Crippen LogP contribution is -2.49. The molecule has 0 fully saturated rings. The van der Waals surface area contributed by atoms with Crippen LogP contribution < -0.4 is 11.1 Å². The predicted octanol–water partition coefficient (Wildman–Crippen LogP) is 1.39. The van der Waals surface area contributed by atoms with Gasteiger partial charge in [0.05, 0.1) is 5.69 Å². The van der Waals surface area contributed by atoms with Gasteiger partial charge in [-0.2, -0.15) is 4.68 Å². The minimum Gasteiger partial charge on any atom is -0.349 e. The van der Waals surface area contributed by atoms with E-state index in [9.17, 15) is 4.79 Å². The average Bonchev–Trinajstić information content (AvgIpc) is 3.13. The van der Waals surface area contributed by atoms with E-state index in [-0.39, 0.29) is 23.9 Å². The molecule has 0 aliphatic carbocycles. The fourth-order valence-corrected chi connectivity index (χ4v) is 2.56. The number of amides is 1. The molecule has 21 heavy (non-hydrogen) atoms. The second-order valence-electron chi connectivity index (χ2n) is 4.64. The molecule has 9 heteroatoms. The van der Waals surface area contributed by atoms with Gasteiger partial charge in [0.25, 0.3) is 5.91 Å². The van der Waals surface area contributed by atoms with Gasteiger partial charge in [-0.3, -0.25) is 4.79 Å². The minimum absolute atomic E-state index is 0. The van der Waals surface area contributed by atoms with Crippen molar-refractivity contribution < 1.29 is 4.79 Å². The molecule has 0 atom stereocenters. The van der Waals surface area contributed by atoms with Gasteiger partial charge < -0.3 is 11.1 Å². The van der Waals surface area contributed by atoms with Crippen molar-refractivity contribution >= 4 is 29.7 Å². The molecule has 1 amide bonds. The normalized spacial score (nSPS) is 11.0. The molecule has 0 aliphatic rings. The van der Waals surface area contributed by atoms with Gasteiger partial charge in [0.15, 0.2) is 0 Å². The smallest absolute Gasteiger partial charge is 0.263 e. The largest absolute Gasteiger partial charge is 0.349 e. The van der Waals surface area contributed by atoms with Gasteiger partial charge in [-0.05, 0) is 34.7 Å². The molecule has 0 radical (unpaired) electrons. The second-order valence-corrected chi connectivity index (χ2v) is 5.56. The lowest BCUT2D eigenvalue weighted by molar-refractivity contribution is 0.0946. The van der Waals surface area contributed by atoms with E-state index in [2.05, 4.69) is 20.8 Å². The highest BCUT2D eigenvalue weighted by Crippen LogP contribution is 2.20. The Morgan fingerprint density at radius 3 is 2.76 bits per heavy atom. The summed E-state index contributed by atoms with van der Waals surface area (Å²) in [7, 11) is 0. The van der Waals surface area contributed by atoms with Crippen LogP contribution in [0.4, 0.5) is 0 Å². The van der Waals surface area contributed by atoms with Crippen LogP contribution in [0.15, 0.2) is 17.8 Å². The fourth-order valence-electron chi connectivity index (χ4n) is 1.76. The van der Waals surface area contributed by atoms with Crippen LogP contribution in [-0.2, 0) is 0 Å². The highest BCUT2D eigenvalue weighted by molar-refractivity contribution is 7.12. The monoisotopic (exact) mass is 330 g/mol. The van der Waals surface area contributed by atoms with Gasteiger partial charge >= 0.3 is 0 Å². The third-order valence-corrected chi connectivity index (χ3v) is 4.36. The van der Waals surface area contributed by atoms with Crippen LogP contribution >= 0.6 is 23.7 Å². The number of carbonyl (C=O) groups excluding carboxylic acids is 1. The number of nitrogens with zero attached hydrogens (tertiary/aromatic N) is 4. The Kier molecular flexibility index (Phi) is 6.25. The molecular weight excluding hydrogens is 312 g/mol. The van der Waals surface area contributed by atoms with Crippen LogP contribution in [0.5, 0.6) is 0 Å². The summed E-state index contributed by atoms with van der Waals surface area (Å²) in [4.78, 5) is 12.8. The highest BCUT2D eigenvalue weighted by Gasteiger charge is 2.23. The van der Waals surface area contributed by atoms with E-state index < -0.39 is 0 Å². The van der Waals surface area contributed by atoms with E-state index in [0.717, 1.165) is 12.8 Å². The number of halogens is 1. The van der Waals surface area contributed by atoms with Crippen LogP contribution in [0.1, 0.15) is 36.4 Å². The first-order valence-corrected chi connectivity index (χ1v) is 7.35. The number of aromatic nitrogens is 4. The Bertz CT molecular complexity index is 566. The molecule has 0 bridgehead atoms. The van der Waals surface area contributed by atoms with Crippen molar-refractivity contribution in [2.45, 2.75) is 32.2 Å². The van der Waals surface area contributed by atoms with E-state index in [4.69, 9.17) is 5.73 Å². The zero-order chi connectivity index (χ0) is 14.6. The van der Waals surface area contributed by atoms with Crippen molar-refractivity contribution in [2.75, 3.05) is 6.54 Å². The topological polar surface area (TPSA) is 98.7 Å². The molecule has 0 spiro atoms. The number of thiophene rings is 1. The molecule has 2 rings (SSSR count). The summed E-state index contributed by atoms with van der Waals surface area (Å²) < 4.78 is 1.47. The van der Waals surface area contributed by atoms with Gasteiger partial charge in [-0.1, -0.05) is 13.8 Å². The zero-order valence-electron chi connectivity index (χ0n) is 11.9. The number of hydrogen-bond donors (Lipinski definition) is 2. The summed E-state index contributed by atoms with van der Waals surface area (Å²) in [6, 6.07) is 1.81. The Labute approximate surface area is 133 Å². The van der Waals surface area contributed by atoms with Gasteiger partial charge in [0.2, 0.25) is 0 Å². The highest BCUT2D eigenvalue weighted by atomic mass is 35.5. The molecule has 2 heterocycles. The SMILES string of the molecule is CCC(N)(CC)CNC(=O)c1sccc1-n1cnnn1.Cl. The second kappa shape index (κ2) is 7.48. The first-order chi connectivity index (χ1) is 9.59. The van der Waals surface area contributed by atoms with Crippen LogP contribution in [-0.4, -0.2) is 38.2 Å². The lowest BCUT2D eigenvalue weighted by atomic mass is 9.94. The van der Waals surface area contributed by atoms with E-state index in [1.807, 2.05) is 25.3 Å². The van der Waals surface area contributed by atoms with Crippen molar-refractivity contribution in [1.82, 2.24) is 25.5 Å². The molecule has 0 saturated carbocycles. The molecule has 7 nitrogen and oxygen atoms in total. The third-order valence-electron chi connectivity index (χ3n) is 3.46. The first kappa shape index (κ1) is 17.5. The van der Waals surface area contributed by atoms with E-state index in [1.165, 1.54) is 22.3 Å². The maximum Gasteiger partial charge on any atom is 0.263 e. The Balaban J connectivity index is 0.00000220. The Morgan fingerprint density at radius 1 is 1.48 bits per heavy atom. The quantitative estimate of drug-likeness (QED) is 0.834. The first-order valence-electron chi connectivity index (χ1n) is 6.47. The molecule has 2 aromatic heterocycles. The van der Waals surface area contributed by atoms with Crippen molar-refractivity contribution in [2.24, 2.45) is 5.73 Å². The summed E-state index contributed by atoms with van der Waals surface area (Å²) in [6.07, 6.45) is 3.09. The lowest BCUT2D eigenvalue weighted by Gasteiger charge is -2.26. The molecule has 116 valence electrons. The van der Waals surface area contributed by atoms with Gasteiger partial charge in [0, 0.05) is 12.1 Å². The van der Waals surface area contributed by atoms with Crippen molar-refractivity contribution in [3.8, 4) is 5.69 Å². The van der Waals surface area contributed by atoms with E-state index >= 15 is 0 Å². The molecule has 0 aromatic carbocycles. The van der Waals surface area contributed by atoms with E-state index in [1.54, 1.807) is 0 Å². The van der Waals surface area contributed by atoms with Crippen LogP contribution in [0, 0.1) is 0 Å². The van der Waals surface area contributed by atoms with Gasteiger partial charge in [0.1, 0.15) is 11.2 Å². The molecule has 0 unspecified atom stereocenters. The van der Waals surface area contributed by atoms with Crippen LogP contribution in [0.3, 0.4) is 0 Å². The molecule has 3 N–H and O–H groups in total. The summed E-state index contributed by atoms with van der Waals surface area (Å²) in [5.41, 5.74) is 6.50. The average molecular weight is 331 g/mol. The fraction of sp³-hybridized carbons (Fsp3) is 0.500. The number of hydrogen-bond acceptors (Lipinski definition) is 6. The number of nitrogens with two attached hydrogens (primary N) is 1. The van der Waals surface area contributed by atoms with Crippen LogP contribution in [0.2, 0.25) is 0 Å². The van der Waals surface area contributed by atoms with Gasteiger partial charge in [-0.15, -0.1) is 28.8 Å².